The molecule has 1 amide bonds. The van der Waals surface area contributed by atoms with Crippen molar-refractivity contribution in [1.82, 2.24) is 0 Å². The first-order valence-corrected chi connectivity index (χ1v) is 10.8. The standard InChI is InChI=1S/C23H25ClN2OS/c1-4-23(2,3)16-10-11-17-18(14-25)22(28-20(17)13-16)26-21(27)12-9-15-7-5-6-8-19(15)24/h5-9,12,16H,4,10-11,13H2,1-3H3,(H,26,27)/b12-9+. The predicted molar refractivity (Wildman–Crippen MR) is 118 cm³/mol. The first kappa shape index (κ1) is 20.6. The van der Waals surface area contributed by atoms with Gasteiger partial charge < -0.3 is 5.32 Å². The van der Waals surface area contributed by atoms with Gasteiger partial charge in [-0.3, -0.25) is 4.79 Å². The number of hydrogen-bond donors (Lipinski definition) is 1. The Balaban J connectivity index is 1.78. The average molecular weight is 413 g/mol. The third kappa shape index (κ3) is 4.32. The molecule has 0 saturated heterocycles. The fraction of sp³-hybridized carbons (Fsp3) is 0.391. The highest BCUT2D eigenvalue weighted by Gasteiger charge is 2.33. The third-order valence-electron chi connectivity index (χ3n) is 5.95. The molecule has 28 heavy (non-hydrogen) atoms. The second-order valence-electron chi connectivity index (χ2n) is 7.95. The summed E-state index contributed by atoms with van der Waals surface area (Å²) in [6, 6.07) is 9.67. The maximum absolute atomic E-state index is 12.4. The van der Waals surface area contributed by atoms with Gasteiger partial charge in [0.25, 0.3) is 0 Å². The van der Waals surface area contributed by atoms with Crippen molar-refractivity contribution in [3.05, 3.63) is 56.9 Å². The average Bonchev–Trinajstić information content (AvgIpc) is 3.03. The molecule has 0 spiro atoms. The summed E-state index contributed by atoms with van der Waals surface area (Å²) in [5, 5.41) is 13.8. The minimum Gasteiger partial charge on any atom is -0.313 e. The lowest BCUT2D eigenvalue weighted by Crippen LogP contribution is -2.28. The molecule has 1 aromatic heterocycles. The number of halogens is 1. The summed E-state index contributed by atoms with van der Waals surface area (Å²) in [5.74, 6) is 0.360. The molecule has 1 aromatic carbocycles. The lowest BCUT2D eigenvalue weighted by molar-refractivity contribution is -0.111. The van der Waals surface area contributed by atoms with Crippen molar-refractivity contribution in [2.24, 2.45) is 11.3 Å². The van der Waals surface area contributed by atoms with Crippen molar-refractivity contribution < 1.29 is 4.79 Å². The van der Waals surface area contributed by atoms with Gasteiger partial charge in [-0.05, 0) is 53.9 Å². The monoisotopic (exact) mass is 412 g/mol. The Morgan fingerprint density at radius 2 is 2.18 bits per heavy atom. The van der Waals surface area contributed by atoms with Gasteiger partial charge in [0, 0.05) is 16.0 Å². The number of carbonyl (C=O) groups excluding carboxylic acids is 1. The number of hydrogen-bond acceptors (Lipinski definition) is 3. The smallest absolute Gasteiger partial charge is 0.249 e. The quantitative estimate of drug-likeness (QED) is 0.572. The van der Waals surface area contributed by atoms with Gasteiger partial charge in [0.1, 0.15) is 11.1 Å². The lowest BCUT2D eigenvalue weighted by Gasteiger charge is -2.36. The Hall–Kier alpha value is -2.09. The molecular weight excluding hydrogens is 388 g/mol. The largest absolute Gasteiger partial charge is 0.313 e. The molecule has 1 atom stereocenters. The highest BCUT2D eigenvalue weighted by Crippen LogP contribution is 2.45. The van der Waals surface area contributed by atoms with Crippen molar-refractivity contribution in [2.75, 3.05) is 5.32 Å². The van der Waals surface area contributed by atoms with Crippen LogP contribution in [0.1, 0.15) is 55.2 Å². The van der Waals surface area contributed by atoms with E-state index in [2.05, 4.69) is 32.2 Å². The zero-order valence-corrected chi connectivity index (χ0v) is 18.1. The molecule has 0 saturated carbocycles. The molecule has 1 aliphatic carbocycles. The molecule has 1 N–H and O–H groups in total. The fourth-order valence-electron chi connectivity index (χ4n) is 3.68. The van der Waals surface area contributed by atoms with Gasteiger partial charge in [0.05, 0.1) is 5.56 Å². The Morgan fingerprint density at radius 1 is 1.43 bits per heavy atom. The second-order valence-corrected chi connectivity index (χ2v) is 9.46. The molecule has 0 bridgehead atoms. The molecule has 1 aliphatic rings. The molecule has 2 aromatic rings. The van der Waals surface area contributed by atoms with E-state index in [0.717, 1.165) is 36.8 Å². The Bertz CT molecular complexity index is 952. The number of amides is 1. The van der Waals surface area contributed by atoms with Gasteiger partial charge in [-0.1, -0.05) is 57.0 Å². The van der Waals surface area contributed by atoms with Crippen LogP contribution >= 0.6 is 22.9 Å². The van der Waals surface area contributed by atoms with Crippen molar-refractivity contribution in [1.29, 1.82) is 5.26 Å². The Kier molecular flexibility index (Phi) is 6.27. The van der Waals surface area contributed by atoms with E-state index in [0.29, 0.717) is 21.5 Å². The molecule has 1 unspecified atom stereocenters. The molecule has 0 fully saturated rings. The van der Waals surface area contributed by atoms with Crippen molar-refractivity contribution in [3.63, 3.8) is 0 Å². The first-order valence-electron chi connectivity index (χ1n) is 9.64. The highest BCUT2D eigenvalue weighted by atomic mass is 35.5. The molecule has 0 aliphatic heterocycles. The predicted octanol–water partition coefficient (Wildman–Crippen LogP) is 6.47. The Labute approximate surface area is 176 Å². The van der Waals surface area contributed by atoms with Crippen LogP contribution in [0.3, 0.4) is 0 Å². The topological polar surface area (TPSA) is 52.9 Å². The van der Waals surface area contributed by atoms with Crippen LogP contribution in [0.4, 0.5) is 5.00 Å². The lowest BCUT2D eigenvalue weighted by atomic mass is 9.69. The summed E-state index contributed by atoms with van der Waals surface area (Å²) in [4.78, 5) is 13.7. The van der Waals surface area contributed by atoms with Crippen LogP contribution in [-0.4, -0.2) is 5.91 Å². The van der Waals surface area contributed by atoms with Crippen molar-refractivity contribution >= 4 is 39.9 Å². The second kappa shape index (κ2) is 8.51. The first-order chi connectivity index (χ1) is 13.4. The van der Waals surface area contributed by atoms with E-state index in [4.69, 9.17) is 11.6 Å². The summed E-state index contributed by atoms with van der Waals surface area (Å²) < 4.78 is 0. The molecule has 1 heterocycles. The third-order valence-corrected chi connectivity index (χ3v) is 7.46. The number of benzene rings is 1. The minimum absolute atomic E-state index is 0.250. The SMILES string of the molecule is CCC(C)(C)C1CCc2c(sc(NC(=O)/C=C/c3ccccc3Cl)c2C#N)C1. The van der Waals surface area contributed by atoms with Crippen LogP contribution in [0.5, 0.6) is 0 Å². The molecular formula is C23H25ClN2OS. The van der Waals surface area contributed by atoms with E-state index in [9.17, 15) is 10.1 Å². The van der Waals surface area contributed by atoms with Crippen LogP contribution in [0.25, 0.3) is 6.08 Å². The van der Waals surface area contributed by atoms with E-state index >= 15 is 0 Å². The molecule has 5 heteroatoms. The molecule has 146 valence electrons. The van der Waals surface area contributed by atoms with E-state index in [1.807, 2.05) is 18.2 Å². The highest BCUT2D eigenvalue weighted by molar-refractivity contribution is 7.16. The maximum Gasteiger partial charge on any atom is 0.249 e. The summed E-state index contributed by atoms with van der Waals surface area (Å²) in [6.07, 6.45) is 7.29. The number of anilines is 1. The van der Waals surface area contributed by atoms with Crippen molar-refractivity contribution in [3.8, 4) is 6.07 Å². The molecule has 3 rings (SSSR count). The number of nitrogens with one attached hydrogen (secondary N) is 1. The summed E-state index contributed by atoms with van der Waals surface area (Å²) in [6.45, 7) is 6.88. The van der Waals surface area contributed by atoms with Crippen molar-refractivity contribution in [2.45, 2.75) is 46.5 Å². The van der Waals surface area contributed by atoms with Gasteiger partial charge >= 0.3 is 0 Å². The number of nitriles is 1. The van der Waals surface area contributed by atoms with Crippen LogP contribution in [0.15, 0.2) is 30.3 Å². The van der Waals surface area contributed by atoms with Gasteiger partial charge in [-0.25, -0.2) is 0 Å². The summed E-state index contributed by atoms with van der Waals surface area (Å²) in [7, 11) is 0. The number of carbonyl (C=O) groups is 1. The van der Waals surface area contributed by atoms with Crippen LogP contribution in [0.2, 0.25) is 5.02 Å². The maximum atomic E-state index is 12.4. The number of nitrogens with zero attached hydrogens (tertiary/aromatic N) is 1. The van der Waals surface area contributed by atoms with Gasteiger partial charge in [-0.2, -0.15) is 5.26 Å². The number of rotatable bonds is 5. The van der Waals surface area contributed by atoms with Crippen LogP contribution in [-0.2, 0) is 17.6 Å². The van der Waals surface area contributed by atoms with Gasteiger partial charge in [0.15, 0.2) is 0 Å². The van der Waals surface area contributed by atoms with E-state index in [-0.39, 0.29) is 11.3 Å². The normalized spacial score (nSPS) is 16.6. The molecule has 3 nitrogen and oxygen atoms in total. The summed E-state index contributed by atoms with van der Waals surface area (Å²) in [5.41, 5.74) is 2.83. The number of fused-ring (bicyclic) bond motifs is 1. The molecule has 0 radical (unpaired) electrons. The Morgan fingerprint density at radius 3 is 2.86 bits per heavy atom. The van der Waals surface area contributed by atoms with E-state index in [1.54, 1.807) is 23.5 Å². The van der Waals surface area contributed by atoms with E-state index < -0.39 is 0 Å². The van der Waals surface area contributed by atoms with Crippen LogP contribution < -0.4 is 5.32 Å². The van der Waals surface area contributed by atoms with Gasteiger partial charge in [0.2, 0.25) is 5.91 Å². The van der Waals surface area contributed by atoms with E-state index in [1.165, 1.54) is 11.0 Å². The van der Waals surface area contributed by atoms with Crippen LogP contribution in [0, 0.1) is 22.7 Å². The zero-order chi connectivity index (χ0) is 20.3. The van der Waals surface area contributed by atoms with Gasteiger partial charge in [-0.15, -0.1) is 11.3 Å². The number of thiophene rings is 1. The minimum atomic E-state index is -0.250. The zero-order valence-electron chi connectivity index (χ0n) is 16.5. The fourth-order valence-corrected chi connectivity index (χ4v) is 5.16. The summed E-state index contributed by atoms with van der Waals surface area (Å²) >= 11 is 7.68.